The van der Waals surface area contributed by atoms with Crippen molar-refractivity contribution in [1.82, 2.24) is 10.1 Å². The predicted molar refractivity (Wildman–Crippen MR) is 49.4 cm³/mol. The van der Waals surface area contributed by atoms with Gasteiger partial charge in [0, 0.05) is 7.11 Å². The van der Waals surface area contributed by atoms with E-state index in [0.717, 1.165) is 25.7 Å². The average molecular weight is 197 g/mol. The first-order valence-corrected chi connectivity index (χ1v) is 4.83. The molecule has 5 heteroatoms. The van der Waals surface area contributed by atoms with E-state index in [1.54, 1.807) is 7.11 Å². The minimum atomic E-state index is -0.466. The molecule has 1 aliphatic carbocycles. The van der Waals surface area contributed by atoms with Gasteiger partial charge in [-0.1, -0.05) is 5.16 Å². The molecule has 0 aliphatic heterocycles. The molecule has 1 heterocycles. The summed E-state index contributed by atoms with van der Waals surface area (Å²) in [5.41, 5.74) is 5.76. The Kier molecular flexibility index (Phi) is 2.52. The topological polar surface area (TPSA) is 74.2 Å². The highest BCUT2D eigenvalue weighted by Crippen LogP contribution is 2.33. The summed E-state index contributed by atoms with van der Waals surface area (Å²) >= 11 is 0. The van der Waals surface area contributed by atoms with Crippen LogP contribution in [0.2, 0.25) is 0 Å². The maximum Gasteiger partial charge on any atom is 0.213 e. The molecule has 14 heavy (non-hydrogen) atoms. The van der Waals surface area contributed by atoms with Gasteiger partial charge in [-0.3, -0.25) is 0 Å². The monoisotopic (exact) mass is 197 g/mol. The lowest BCUT2D eigenvalue weighted by atomic mass is 9.80. The summed E-state index contributed by atoms with van der Waals surface area (Å²) in [4.78, 5) is 4.02. The van der Waals surface area contributed by atoms with E-state index in [1.165, 1.54) is 6.39 Å². The van der Waals surface area contributed by atoms with Crippen molar-refractivity contribution in [3.05, 3.63) is 12.2 Å². The second-order valence-electron chi connectivity index (χ2n) is 3.87. The first-order chi connectivity index (χ1) is 6.74. The van der Waals surface area contributed by atoms with Crippen LogP contribution in [0.3, 0.4) is 0 Å². The lowest BCUT2D eigenvalue weighted by molar-refractivity contribution is 0.0379. The first kappa shape index (κ1) is 9.61. The van der Waals surface area contributed by atoms with Crippen LogP contribution in [0.5, 0.6) is 0 Å². The maximum atomic E-state index is 6.23. The number of methoxy groups -OCH3 is 1. The Morgan fingerprint density at radius 1 is 1.71 bits per heavy atom. The molecule has 0 amide bonds. The normalized spacial score (nSPS) is 33.1. The van der Waals surface area contributed by atoms with Gasteiger partial charge in [-0.05, 0) is 25.7 Å². The van der Waals surface area contributed by atoms with Crippen LogP contribution in [0.4, 0.5) is 0 Å². The quantitative estimate of drug-likeness (QED) is 0.759. The zero-order valence-electron chi connectivity index (χ0n) is 8.27. The van der Waals surface area contributed by atoms with Crippen LogP contribution in [0.1, 0.15) is 31.5 Å². The van der Waals surface area contributed by atoms with Crippen LogP contribution < -0.4 is 5.73 Å². The smallest absolute Gasteiger partial charge is 0.213 e. The average Bonchev–Trinajstić information content (AvgIpc) is 2.71. The Labute approximate surface area is 82.6 Å². The van der Waals surface area contributed by atoms with Crippen LogP contribution in [0.25, 0.3) is 0 Å². The third-order valence-corrected chi connectivity index (χ3v) is 2.88. The number of hydrogen-bond donors (Lipinski definition) is 1. The highest BCUT2D eigenvalue weighted by Gasteiger charge is 2.37. The number of nitrogens with two attached hydrogens (primary N) is 1. The summed E-state index contributed by atoms with van der Waals surface area (Å²) in [5, 5.41) is 3.81. The Bertz CT molecular complexity index is 288. The van der Waals surface area contributed by atoms with Gasteiger partial charge in [-0.25, -0.2) is 0 Å². The van der Waals surface area contributed by atoms with Gasteiger partial charge < -0.3 is 15.0 Å². The lowest BCUT2D eigenvalue weighted by Gasteiger charge is -2.34. The van der Waals surface area contributed by atoms with E-state index in [2.05, 4.69) is 10.1 Å². The molecular formula is C9H15N3O2. The molecule has 5 nitrogen and oxygen atoms in total. The van der Waals surface area contributed by atoms with Crippen LogP contribution in [-0.4, -0.2) is 23.4 Å². The third kappa shape index (κ3) is 1.65. The van der Waals surface area contributed by atoms with Gasteiger partial charge in [0.25, 0.3) is 0 Å². The molecule has 1 saturated carbocycles. The van der Waals surface area contributed by atoms with Crippen LogP contribution in [0.15, 0.2) is 10.9 Å². The molecule has 0 bridgehead atoms. The van der Waals surface area contributed by atoms with Gasteiger partial charge in [-0.15, -0.1) is 0 Å². The van der Waals surface area contributed by atoms with E-state index in [1.807, 2.05) is 0 Å². The zero-order valence-corrected chi connectivity index (χ0v) is 8.27. The highest BCUT2D eigenvalue weighted by atomic mass is 16.5. The number of hydrogen-bond acceptors (Lipinski definition) is 5. The van der Waals surface area contributed by atoms with E-state index in [-0.39, 0.29) is 6.10 Å². The number of aromatic nitrogens is 2. The van der Waals surface area contributed by atoms with Crippen molar-refractivity contribution in [1.29, 1.82) is 0 Å². The van der Waals surface area contributed by atoms with Gasteiger partial charge in [0.15, 0.2) is 5.82 Å². The fourth-order valence-electron chi connectivity index (χ4n) is 2.05. The molecule has 0 aromatic carbocycles. The molecule has 78 valence electrons. The Hall–Kier alpha value is -0.940. The summed E-state index contributed by atoms with van der Waals surface area (Å²) in [6, 6.07) is 0. The fourth-order valence-corrected chi connectivity index (χ4v) is 2.05. The van der Waals surface area contributed by atoms with Crippen molar-refractivity contribution < 1.29 is 9.26 Å². The van der Waals surface area contributed by atoms with Gasteiger partial charge in [0.05, 0.1) is 11.6 Å². The minimum absolute atomic E-state index is 0.215. The number of rotatable bonds is 2. The molecule has 1 aromatic rings. The molecule has 2 rings (SSSR count). The second kappa shape index (κ2) is 3.67. The van der Waals surface area contributed by atoms with Crippen molar-refractivity contribution in [2.75, 3.05) is 7.11 Å². The standard InChI is InChI=1S/C9H15N3O2/c1-13-7-3-2-4-9(10,5-7)8-11-6-14-12-8/h6-7H,2-5,10H2,1H3. The summed E-state index contributed by atoms with van der Waals surface area (Å²) in [5.74, 6) is 0.597. The van der Waals surface area contributed by atoms with Crippen molar-refractivity contribution in [2.45, 2.75) is 37.3 Å². The second-order valence-corrected chi connectivity index (χ2v) is 3.87. The Morgan fingerprint density at radius 2 is 2.57 bits per heavy atom. The number of nitrogens with zero attached hydrogens (tertiary/aromatic N) is 2. The van der Waals surface area contributed by atoms with Crippen molar-refractivity contribution >= 4 is 0 Å². The fraction of sp³-hybridized carbons (Fsp3) is 0.778. The molecular weight excluding hydrogens is 182 g/mol. The number of ether oxygens (including phenoxy) is 1. The van der Waals surface area contributed by atoms with Crippen molar-refractivity contribution in [3.63, 3.8) is 0 Å². The van der Waals surface area contributed by atoms with Gasteiger partial charge >= 0.3 is 0 Å². The maximum absolute atomic E-state index is 6.23. The third-order valence-electron chi connectivity index (χ3n) is 2.88. The molecule has 0 saturated heterocycles. The summed E-state index contributed by atoms with van der Waals surface area (Å²) < 4.78 is 10.0. The molecule has 2 unspecified atom stereocenters. The molecule has 2 atom stereocenters. The van der Waals surface area contributed by atoms with Gasteiger partial charge in [0.1, 0.15) is 0 Å². The summed E-state index contributed by atoms with van der Waals surface area (Å²) in [7, 11) is 1.71. The molecule has 1 aromatic heterocycles. The van der Waals surface area contributed by atoms with Gasteiger partial charge in [-0.2, -0.15) is 4.98 Å². The highest BCUT2D eigenvalue weighted by molar-refractivity contribution is 5.04. The van der Waals surface area contributed by atoms with Crippen LogP contribution in [-0.2, 0) is 10.3 Å². The lowest BCUT2D eigenvalue weighted by Crippen LogP contribution is -2.44. The van der Waals surface area contributed by atoms with Crippen molar-refractivity contribution in [2.24, 2.45) is 5.73 Å². The van der Waals surface area contributed by atoms with Gasteiger partial charge in [0.2, 0.25) is 6.39 Å². The van der Waals surface area contributed by atoms with Crippen LogP contribution in [0, 0.1) is 0 Å². The Morgan fingerprint density at radius 3 is 3.21 bits per heavy atom. The predicted octanol–water partition coefficient (Wildman–Crippen LogP) is 0.813. The molecule has 1 fully saturated rings. The Balaban J connectivity index is 2.15. The zero-order chi connectivity index (χ0) is 10.0. The summed E-state index contributed by atoms with van der Waals surface area (Å²) in [6.45, 7) is 0. The van der Waals surface area contributed by atoms with E-state index >= 15 is 0 Å². The van der Waals surface area contributed by atoms with E-state index in [9.17, 15) is 0 Å². The molecule has 0 radical (unpaired) electrons. The molecule has 2 N–H and O–H groups in total. The SMILES string of the molecule is COC1CCCC(N)(c2ncon2)C1. The van der Waals surface area contributed by atoms with Crippen LogP contribution >= 0.6 is 0 Å². The van der Waals surface area contributed by atoms with E-state index in [0.29, 0.717) is 5.82 Å². The molecule has 0 spiro atoms. The van der Waals surface area contributed by atoms with E-state index < -0.39 is 5.54 Å². The molecule has 1 aliphatic rings. The van der Waals surface area contributed by atoms with Crippen molar-refractivity contribution in [3.8, 4) is 0 Å². The van der Waals surface area contributed by atoms with E-state index in [4.69, 9.17) is 15.0 Å². The first-order valence-electron chi connectivity index (χ1n) is 4.83. The largest absolute Gasteiger partial charge is 0.381 e. The summed E-state index contributed by atoms with van der Waals surface area (Å²) in [6.07, 6.45) is 5.30. The minimum Gasteiger partial charge on any atom is -0.381 e.